The van der Waals surface area contributed by atoms with Crippen LogP contribution in [0.4, 0.5) is 0 Å². The van der Waals surface area contributed by atoms with Gasteiger partial charge in [-0.3, -0.25) is 0 Å². The monoisotopic (exact) mass is 762 g/mol. The van der Waals surface area contributed by atoms with Crippen LogP contribution in [0.1, 0.15) is 0 Å². The molecule has 0 atom stereocenters. The molecule has 0 spiro atoms. The quantitative estimate of drug-likeness (QED) is 0.167. The third kappa shape index (κ3) is 632. The summed E-state index contributed by atoms with van der Waals surface area (Å²) in [6.07, 6.45) is 0. The molecular weight excluding hydrogens is 754 g/mol. The van der Waals surface area contributed by atoms with Gasteiger partial charge < -0.3 is 52.8 Å². The maximum atomic E-state index is 8.57. The molecule has 0 aromatic carbocycles. The van der Waals surface area contributed by atoms with E-state index in [4.69, 9.17) is 30.9 Å². The van der Waals surface area contributed by atoms with E-state index < -0.39 is 63.2 Å². The second-order valence-electron chi connectivity index (χ2n) is 0.567. The fourth-order valence-electron chi connectivity index (χ4n) is 0. The van der Waals surface area contributed by atoms with Crippen molar-refractivity contribution in [3.63, 3.8) is 0 Å². The Bertz CT molecular complexity index is 45.2. The Morgan fingerprint density at radius 1 is 0.353 bits per heavy atom. The summed E-state index contributed by atoms with van der Waals surface area (Å²) >= 11 is -12.0. The van der Waals surface area contributed by atoms with Crippen molar-refractivity contribution in [2.24, 2.45) is 0 Å². The predicted molar refractivity (Wildman–Crippen MR) is 14.5 cm³/mol. The fourth-order valence-corrected chi connectivity index (χ4v) is 0. The van der Waals surface area contributed by atoms with Crippen molar-refractivity contribution in [3.05, 3.63) is 0 Å². The molecule has 0 fully saturated rings. The SMILES string of the molecule is O.O.O.O.[Ho+3].[O-][I+2]([O-])[O-].[O-][I+2]([O-])[O-].[O-][I+2]([O-])[O-]. The van der Waals surface area contributed by atoms with E-state index in [1.807, 2.05) is 0 Å². The predicted octanol–water partition coefficient (Wildman–Crippen LogP) is -23.0. The molecule has 0 radical (unpaired) electrons. The molecule has 0 aromatic rings. The van der Waals surface area contributed by atoms with Crippen molar-refractivity contribution in [2.45, 2.75) is 0 Å². The summed E-state index contributed by atoms with van der Waals surface area (Å²) in [5.74, 6) is 0. The summed E-state index contributed by atoms with van der Waals surface area (Å²) in [5, 5.41) is 0. The molecule has 0 aliphatic heterocycles. The standard InChI is InChI=1S/Ho.3IO3.4H2O/c;3*2-1(3)4;;;;/h;;;;4*1H2/q+3;3*-1;;;;. The normalized spacial score (nSPS) is 6.35. The van der Waals surface area contributed by atoms with E-state index in [9.17, 15) is 0 Å². The van der Waals surface area contributed by atoms with Crippen LogP contribution < -0.4 is 94.1 Å². The fraction of sp³-hybridized carbons (Fsp3) is 0. The van der Waals surface area contributed by atoms with Gasteiger partial charge in [0.05, 0.1) is 0 Å². The van der Waals surface area contributed by atoms with Gasteiger partial charge in [-0.15, -0.1) is 0 Å². The van der Waals surface area contributed by atoms with Crippen LogP contribution >= 0.6 is 0 Å². The molecule has 0 bridgehead atoms. The number of halogens is 3. The molecule has 0 saturated heterocycles. The average molecular weight is 762 g/mol. The molecule has 0 rings (SSSR count). The summed E-state index contributed by atoms with van der Waals surface area (Å²) < 4.78 is 77.2. The maximum absolute atomic E-state index is 8.57. The van der Waals surface area contributed by atoms with Gasteiger partial charge in [-0.2, -0.15) is 0 Å². The molecule has 13 nitrogen and oxygen atoms in total. The van der Waals surface area contributed by atoms with Crippen molar-refractivity contribution in [1.29, 1.82) is 0 Å². The van der Waals surface area contributed by atoms with Crippen LogP contribution in [0.2, 0.25) is 0 Å². The number of hydrogen-bond donors (Lipinski definition) is 0. The Labute approximate surface area is 151 Å². The van der Waals surface area contributed by atoms with E-state index in [2.05, 4.69) is 0 Å². The van der Waals surface area contributed by atoms with Gasteiger partial charge in [-0.1, -0.05) is 0 Å². The van der Waals surface area contributed by atoms with Crippen LogP contribution in [0, 0.1) is 37.7 Å². The Hall–Kier alpha value is 2.93. The molecule has 0 saturated carbocycles. The number of hydrogen-bond acceptors (Lipinski definition) is 9. The third-order valence-electron chi connectivity index (χ3n) is 0. The molecule has 17 heavy (non-hydrogen) atoms. The Morgan fingerprint density at radius 2 is 0.353 bits per heavy atom. The molecule has 118 valence electrons. The minimum atomic E-state index is -4.01. The van der Waals surface area contributed by atoms with E-state index in [0.29, 0.717) is 0 Å². The van der Waals surface area contributed by atoms with Gasteiger partial charge in [0.2, 0.25) is 0 Å². The first-order valence-corrected chi connectivity index (χ1v) is 9.32. The summed E-state index contributed by atoms with van der Waals surface area (Å²) in [6, 6.07) is 0. The van der Waals surface area contributed by atoms with Crippen LogP contribution in [-0.4, -0.2) is 21.9 Å². The molecular formula is H8HoI3O13. The van der Waals surface area contributed by atoms with Gasteiger partial charge in [-0.25, -0.2) is 0 Å². The van der Waals surface area contributed by atoms with E-state index in [1.165, 1.54) is 0 Å². The zero-order valence-electron chi connectivity index (χ0n) is 7.11. The van der Waals surface area contributed by atoms with E-state index in [-0.39, 0.29) is 59.6 Å². The summed E-state index contributed by atoms with van der Waals surface area (Å²) in [4.78, 5) is 0. The first kappa shape index (κ1) is 50.2. The van der Waals surface area contributed by atoms with Crippen molar-refractivity contribution >= 4 is 0 Å². The Kier molecular flexibility index (Phi) is 126. The molecule has 17 heteroatoms. The first-order valence-electron chi connectivity index (χ1n) is 1.39. The zero-order valence-corrected chi connectivity index (χ0v) is 15.5. The van der Waals surface area contributed by atoms with Crippen molar-refractivity contribution < 1.29 is 154 Å². The third-order valence-corrected chi connectivity index (χ3v) is 0. The van der Waals surface area contributed by atoms with Crippen LogP contribution in [0.25, 0.3) is 0 Å². The van der Waals surface area contributed by atoms with Gasteiger partial charge in [0, 0.05) is 0 Å². The van der Waals surface area contributed by atoms with Crippen LogP contribution in [0.15, 0.2) is 0 Å². The van der Waals surface area contributed by atoms with Crippen molar-refractivity contribution in [1.82, 2.24) is 0 Å². The molecule has 0 heterocycles. The largest absolute Gasteiger partial charge is 3.00 e. The number of rotatable bonds is 0. The minimum Gasteiger partial charge on any atom is -0.427 e. The van der Waals surface area contributed by atoms with Gasteiger partial charge in [-0.05, 0) is 0 Å². The summed E-state index contributed by atoms with van der Waals surface area (Å²) in [6.45, 7) is 0. The van der Waals surface area contributed by atoms with Crippen molar-refractivity contribution in [2.75, 3.05) is 0 Å². The van der Waals surface area contributed by atoms with Crippen LogP contribution in [0.3, 0.4) is 0 Å². The average Bonchev–Trinajstić information content (AvgIpc) is 1.54. The van der Waals surface area contributed by atoms with Gasteiger partial charge >= 0.3 is 37.7 Å². The molecule has 0 amide bonds. The van der Waals surface area contributed by atoms with Gasteiger partial charge in [0.15, 0.2) is 0 Å². The minimum absolute atomic E-state index is 0. The summed E-state index contributed by atoms with van der Waals surface area (Å²) in [5.41, 5.74) is 0. The molecule has 0 aromatic heterocycles. The van der Waals surface area contributed by atoms with Gasteiger partial charge in [0.25, 0.3) is 63.2 Å². The topological polar surface area (TPSA) is 334 Å². The maximum Gasteiger partial charge on any atom is 3.00 e. The second-order valence-corrected chi connectivity index (χ2v) is 3.80. The Balaban J connectivity index is -0.0000000104. The van der Waals surface area contributed by atoms with E-state index in [1.54, 1.807) is 0 Å². The van der Waals surface area contributed by atoms with Crippen molar-refractivity contribution in [3.8, 4) is 0 Å². The zero-order chi connectivity index (χ0) is 10.7. The van der Waals surface area contributed by atoms with Gasteiger partial charge in [0.1, 0.15) is 0 Å². The van der Waals surface area contributed by atoms with E-state index in [0.717, 1.165) is 0 Å². The molecule has 8 N–H and O–H groups in total. The second kappa shape index (κ2) is 42.8. The summed E-state index contributed by atoms with van der Waals surface area (Å²) in [7, 11) is 0. The Morgan fingerprint density at radius 3 is 0.353 bits per heavy atom. The smallest absolute Gasteiger partial charge is 0.427 e. The molecule has 0 aliphatic rings. The molecule has 0 unspecified atom stereocenters. The van der Waals surface area contributed by atoms with Crippen LogP contribution in [0.5, 0.6) is 0 Å². The first-order chi connectivity index (χ1) is 5.20. The molecule has 0 aliphatic carbocycles. The van der Waals surface area contributed by atoms with E-state index >= 15 is 0 Å². The van der Waals surface area contributed by atoms with Crippen LogP contribution in [-0.2, 0) is 0 Å².